The molecule has 1 aromatic heterocycles. The van der Waals surface area contributed by atoms with Crippen LogP contribution in [0.4, 0.5) is 5.69 Å². The normalized spacial score (nSPS) is 15.1. The molecule has 9 heteroatoms. The number of hydrogen-bond donors (Lipinski definition) is 0. The van der Waals surface area contributed by atoms with Gasteiger partial charge in [-0.2, -0.15) is 0 Å². The summed E-state index contributed by atoms with van der Waals surface area (Å²) in [5, 5.41) is 0. The van der Waals surface area contributed by atoms with Crippen LogP contribution in [0.1, 0.15) is 22.3 Å². The van der Waals surface area contributed by atoms with E-state index < -0.39 is 29.7 Å². The van der Waals surface area contributed by atoms with E-state index in [4.69, 9.17) is 4.74 Å². The van der Waals surface area contributed by atoms with Gasteiger partial charge in [0.05, 0.1) is 24.8 Å². The zero-order valence-corrected chi connectivity index (χ0v) is 19.0. The van der Waals surface area contributed by atoms with E-state index in [9.17, 15) is 19.2 Å². The van der Waals surface area contributed by atoms with Crippen LogP contribution in [0.2, 0.25) is 0 Å². The molecule has 1 aliphatic heterocycles. The maximum absolute atomic E-state index is 13.4. The third kappa shape index (κ3) is 5.35. The van der Waals surface area contributed by atoms with E-state index in [0.717, 1.165) is 4.90 Å². The highest BCUT2D eigenvalue weighted by molar-refractivity contribution is 6.23. The number of esters is 1. The van der Waals surface area contributed by atoms with Gasteiger partial charge in [0.2, 0.25) is 5.91 Å². The number of hydrogen-bond acceptors (Lipinski definition) is 7. The molecule has 178 valence electrons. The van der Waals surface area contributed by atoms with Crippen molar-refractivity contribution in [3.05, 3.63) is 90.3 Å². The Kier molecular flexibility index (Phi) is 7.15. The van der Waals surface area contributed by atoms with Crippen LogP contribution >= 0.6 is 0 Å². The molecule has 1 unspecified atom stereocenters. The van der Waals surface area contributed by atoms with Crippen LogP contribution < -0.4 is 9.64 Å². The highest BCUT2D eigenvalue weighted by Crippen LogP contribution is 2.27. The maximum Gasteiger partial charge on any atom is 0.337 e. The van der Waals surface area contributed by atoms with Crippen molar-refractivity contribution in [3.63, 3.8) is 0 Å². The molecule has 3 aromatic rings. The number of anilines is 1. The molecule has 1 atom stereocenters. The predicted molar refractivity (Wildman–Crippen MR) is 125 cm³/mol. The molecule has 0 saturated carbocycles. The fourth-order valence-electron chi connectivity index (χ4n) is 3.80. The zero-order chi connectivity index (χ0) is 24.8. The monoisotopic (exact) mass is 473 g/mol. The topological polar surface area (TPSA) is 106 Å². The lowest BCUT2D eigenvalue weighted by molar-refractivity contribution is -0.140. The van der Waals surface area contributed by atoms with Crippen molar-refractivity contribution in [1.82, 2.24) is 9.88 Å². The molecule has 1 fully saturated rings. The highest BCUT2D eigenvalue weighted by atomic mass is 16.5. The molecule has 35 heavy (non-hydrogen) atoms. The second-order valence-electron chi connectivity index (χ2n) is 7.81. The van der Waals surface area contributed by atoms with E-state index in [1.165, 1.54) is 36.3 Å². The van der Waals surface area contributed by atoms with Crippen LogP contribution in [0.3, 0.4) is 0 Å². The first kappa shape index (κ1) is 23.6. The first-order chi connectivity index (χ1) is 17.0. The molecule has 4 rings (SSSR count). The molecule has 2 heterocycles. The summed E-state index contributed by atoms with van der Waals surface area (Å²) in [4.78, 5) is 57.6. The van der Waals surface area contributed by atoms with Gasteiger partial charge in [0.25, 0.3) is 11.8 Å². The van der Waals surface area contributed by atoms with Crippen LogP contribution in [-0.4, -0.2) is 53.3 Å². The minimum absolute atomic E-state index is 0.0869. The minimum atomic E-state index is -1.00. The number of pyridine rings is 1. The lowest BCUT2D eigenvalue weighted by Gasteiger charge is -2.27. The van der Waals surface area contributed by atoms with Crippen molar-refractivity contribution >= 4 is 29.4 Å². The number of ether oxygens (including phenoxy) is 2. The van der Waals surface area contributed by atoms with Crippen LogP contribution in [0.25, 0.3) is 0 Å². The van der Waals surface area contributed by atoms with Crippen molar-refractivity contribution in [2.75, 3.05) is 18.6 Å². The molecular weight excluding hydrogens is 450 g/mol. The number of imide groups is 1. The van der Waals surface area contributed by atoms with Crippen molar-refractivity contribution in [2.24, 2.45) is 0 Å². The number of methoxy groups -OCH3 is 1. The van der Waals surface area contributed by atoms with Gasteiger partial charge in [0.1, 0.15) is 11.8 Å². The molecule has 0 aliphatic carbocycles. The molecule has 1 aliphatic rings. The Labute approximate surface area is 201 Å². The Balaban J connectivity index is 1.56. The Hall–Kier alpha value is -4.53. The quantitative estimate of drug-likeness (QED) is 0.366. The Morgan fingerprint density at radius 2 is 1.77 bits per heavy atom. The Morgan fingerprint density at radius 1 is 1.03 bits per heavy atom. The first-order valence-electron chi connectivity index (χ1n) is 10.9. The van der Waals surface area contributed by atoms with Gasteiger partial charge in [-0.05, 0) is 48.0 Å². The first-order valence-corrected chi connectivity index (χ1v) is 10.9. The fourth-order valence-corrected chi connectivity index (χ4v) is 3.80. The zero-order valence-electron chi connectivity index (χ0n) is 19.0. The van der Waals surface area contributed by atoms with Crippen molar-refractivity contribution in [3.8, 4) is 5.75 Å². The number of amides is 3. The Bertz CT molecular complexity index is 1210. The molecule has 2 aromatic carbocycles. The van der Waals surface area contributed by atoms with Gasteiger partial charge in [0.15, 0.2) is 6.61 Å². The predicted octanol–water partition coefficient (Wildman–Crippen LogP) is 2.61. The second-order valence-corrected chi connectivity index (χ2v) is 7.81. The van der Waals surface area contributed by atoms with Gasteiger partial charge in [-0.15, -0.1) is 0 Å². The van der Waals surface area contributed by atoms with Crippen molar-refractivity contribution in [1.29, 1.82) is 0 Å². The minimum Gasteiger partial charge on any atom is -0.484 e. The molecular formula is C26H23N3O6. The summed E-state index contributed by atoms with van der Waals surface area (Å²) in [5.74, 6) is -1.42. The Morgan fingerprint density at radius 3 is 2.43 bits per heavy atom. The molecule has 3 amide bonds. The summed E-state index contributed by atoms with van der Waals surface area (Å²) < 4.78 is 10.3. The van der Waals surface area contributed by atoms with Crippen molar-refractivity contribution in [2.45, 2.75) is 19.0 Å². The van der Waals surface area contributed by atoms with Crippen LogP contribution in [0.15, 0.2) is 79.1 Å². The summed E-state index contributed by atoms with van der Waals surface area (Å²) >= 11 is 0. The summed E-state index contributed by atoms with van der Waals surface area (Å²) in [6, 6.07) is 17.3. The number of para-hydroxylation sites is 1. The van der Waals surface area contributed by atoms with Crippen LogP contribution in [-0.2, 0) is 25.7 Å². The SMILES string of the molecule is COC(=O)c1ccc(N2C(=O)CC(N(Cc3cccnc3)C(=O)COc3ccccc3)C2=O)cc1. The third-order valence-corrected chi connectivity index (χ3v) is 5.55. The number of carbonyl (C=O) groups is 4. The van der Waals surface area contributed by atoms with Crippen LogP contribution in [0.5, 0.6) is 5.75 Å². The van der Waals surface area contributed by atoms with Gasteiger partial charge in [0, 0.05) is 18.9 Å². The molecule has 0 bridgehead atoms. The lowest BCUT2D eigenvalue weighted by atomic mass is 10.1. The summed E-state index contributed by atoms with van der Waals surface area (Å²) in [7, 11) is 1.27. The lowest BCUT2D eigenvalue weighted by Crippen LogP contribution is -2.46. The van der Waals surface area contributed by atoms with E-state index >= 15 is 0 Å². The summed E-state index contributed by atoms with van der Waals surface area (Å²) in [6.45, 7) is -0.209. The molecule has 9 nitrogen and oxygen atoms in total. The number of nitrogens with zero attached hydrogens (tertiary/aromatic N) is 3. The molecule has 1 saturated heterocycles. The molecule has 0 radical (unpaired) electrons. The van der Waals surface area contributed by atoms with E-state index in [1.54, 1.807) is 48.8 Å². The van der Waals surface area contributed by atoms with E-state index in [-0.39, 0.29) is 19.6 Å². The number of aromatic nitrogens is 1. The second kappa shape index (κ2) is 10.6. The highest BCUT2D eigenvalue weighted by Gasteiger charge is 2.44. The fraction of sp³-hybridized carbons (Fsp3) is 0.192. The van der Waals surface area contributed by atoms with Crippen LogP contribution in [0, 0.1) is 0 Å². The summed E-state index contributed by atoms with van der Waals surface area (Å²) in [5.41, 5.74) is 1.31. The average molecular weight is 473 g/mol. The third-order valence-electron chi connectivity index (χ3n) is 5.55. The van der Waals surface area contributed by atoms with Gasteiger partial charge in [-0.25, -0.2) is 9.69 Å². The average Bonchev–Trinajstić information content (AvgIpc) is 3.19. The van der Waals surface area contributed by atoms with Gasteiger partial charge in [-0.1, -0.05) is 24.3 Å². The number of rotatable bonds is 8. The molecule has 0 spiro atoms. The number of benzene rings is 2. The smallest absolute Gasteiger partial charge is 0.337 e. The standard InChI is InChI=1S/C26H23N3O6/c1-34-26(33)19-9-11-20(12-10-19)29-23(30)14-22(25(29)32)28(16-18-6-5-13-27-15-18)24(31)17-35-21-7-3-2-4-8-21/h2-13,15,22H,14,16-17H2,1H3. The van der Waals surface area contributed by atoms with Gasteiger partial charge < -0.3 is 14.4 Å². The molecule has 0 N–H and O–H groups in total. The maximum atomic E-state index is 13.4. The van der Waals surface area contributed by atoms with E-state index in [2.05, 4.69) is 9.72 Å². The van der Waals surface area contributed by atoms with Gasteiger partial charge in [-0.3, -0.25) is 19.4 Å². The van der Waals surface area contributed by atoms with Crippen molar-refractivity contribution < 1.29 is 28.7 Å². The van der Waals surface area contributed by atoms with E-state index in [1.807, 2.05) is 6.07 Å². The summed E-state index contributed by atoms with van der Waals surface area (Å²) in [6.07, 6.45) is 3.04. The number of carbonyl (C=O) groups excluding carboxylic acids is 4. The van der Waals surface area contributed by atoms with E-state index in [0.29, 0.717) is 22.6 Å². The largest absolute Gasteiger partial charge is 0.484 e. The van der Waals surface area contributed by atoms with Gasteiger partial charge >= 0.3 is 5.97 Å².